The number of H-pyrrole nitrogens is 1. The number of fused-ring (bicyclic) bond motifs is 1. The molecule has 148 valence electrons. The van der Waals surface area contributed by atoms with Crippen molar-refractivity contribution in [1.82, 2.24) is 19.7 Å². The van der Waals surface area contributed by atoms with Gasteiger partial charge < -0.3 is 20.6 Å². The molecule has 3 rings (SSSR count). The molecule has 10 heteroatoms. The number of aliphatic hydroxyl groups is 1. The highest BCUT2D eigenvalue weighted by Crippen LogP contribution is 2.28. The van der Waals surface area contributed by atoms with E-state index in [0.29, 0.717) is 40.9 Å². The molecule has 2 aromatic heterocycles. The molecule has 0 radical (unpaired) electrons. The van der Waals surface area contributed by atoms with E-state index in [1.54, 1.807) is 17.9 Å². The average molecular weight is 386 g/mol. The molecule has 2 amide bonds. The number of nitrogens with one attached hydrogen (secondary N) is 2. The number of hydrogen-bond acceptors (Lipinski definition) is 6. The smallest absolute Gasteiger partial charge is 0.261 e. The van der Waals surface area contributed by atoms with Gasteiger partial charge in [0.05, 0.1) is 23.4 Å². The molecule has 5 N–H and O–H groups in total. The number of carbonyl (C=O) groups excluding carboxylic acids is 2. The van der Waals surface area contributed by atoms with Crippen molar-refractivity contribution in [2.24, 2.45) is 12.8 Å². The van der Waals surface area contributed by atoms with Crippen LogP contribution in [-0.4, -0.2) is 49.9 Å². The largest absolute Gasteiger partial charge is 0.491 e. The van der Waals surface area contributed by atoms with Crippen molar-refractivity contribution in [3.05, 3.63) is 35.2 Å². The van der Waals surface area contributed by atoms with Gasteiger partial charge >= 0.3 is 0 Å². The summed E-state index contributed by atoms with van der Waals surface area (Å²) < 4.78 is 7.21. The lowest BCUT2D eigenvalue weighted by atomic mass is 10.2. The van der Waals surface area contributed by atoms with E-state index in [9.17, 15) is 9.59 Å². The maximum atomic E-state index is 12.6. The minimum Gasteiger partial charge on any atom is -0.491 e. The van der Waals surface area contributed by atoms with E-state index in [1.807, 2.05) is 6.92 Å². The fraction of sp³-hybridized carbons (Fsp3) is 0.333. The Hall–Kier alpha value is -3.40. The maximum Gasteiger partial charge on any atom is 0.261 e. The molecule has 0 bridgehead atoms. The summed E-state index contributed by atoms with van der Waals surface area (Å²) in [5.74, 6) is -0.393. The first-order chi connectivity index (χ1) is 13.4. The molecule has 1 aromatic carbocycles. The number of nitrogens with zero attached hydrogens (tertiary/aromatic N) is 3. The van der Waals surface area contributed by atoms with E-state index in [4.69, 9.17) is 15.6 Å². The Kier molecular flexibility index (Phi) is 5.59. The number of imidazole rings is 1. The molecule has 0 saturated heterocycles. The van der Waals surface area contributed by atoms with Crippen molar-refractivity contribution >= 4 is 28.8 Å². The van der Waals surface area contributed by atoms with E-state index < -0.39 is 5.91 Å². The topological polar surface area (TPSA) is 148 Å². The molecule has 10 nitrogen and oxygen atoms in total. The predicted molar refractivity (Wildman–Crippen MR) is 102 cm³/mol. The van der Waals surface area contributed by atoms with Crippen molar-refractivity contribution in [3.8, 4) is 5.75 Å². The van der Waals surface area contributed by atoms with Crippen LogP contribution in [0.25, 0.3) is 11.0 Å². The van der Waals surface area contributed by atoms with Crippen LogP contribution in [0.4, 0.5) is 5.95 Å². The van der Waals surface area contributed by atoms with Gasteiger partial charge in [0.1, 0.15) is 11.3 Å². The lowest BCUT2D eigenvalue weighted by Crippen LogP contribution is -2.14. The summed E-state index contributed by atoms with van der Waals surface area (Å²) in [7, 11) is 1.75. The number of benzene rings is 1. The normalized spacial score (nSPS) is 11.0. The van der Waals surface area contributed by atoms with E-state index in [-0.39, 0.29) is 30.6 Å². The molecule has 0 aliphatic rings. The van der Waals surface area contributed by atoms with Crippen molar-refractivity contribution < 1.29 is 19.4 Å². The van der Waals surface area contributed by atoms with Gasteiger partial charge in [-0.15, -0.1) is 0 Å². The molecule has 0 aliphatic heterocycles. The average Bonchev–Trinajstić information content (AvgIpc) is 3.24. The van der Waals surface area contributed by atoms with E-state index in [2.05, 4.69) is 20.4 Å². The highest BCUT2D eigenvalue weighted by molar-refractivity contribution is 6.05. The molecule has 0 atom stereocenters. The second kappa shape index (κ2) is 8.09. The zero-order chi connectivity index (χ0) is 20.3. The number of primary amides is 1. The minimum absolute atomic E-state index is 0.0200. The standard InChI is InChI=1S/C18H22N6O4/c1-3-12-11(9-24(2)23-12)17(27)22-18-20-13-7-10(16(19)26)8-14(15(13)21-18)28-6-4-5-25/h7-9,25H,3-6H2,1-2H3,(H2,19,26)(H2,20,21,22,27). The minimum atomic E-state index is -0.620. The molecule has 0 unspecified atom stereocenters. The van der Waals surface area contributed by atoms with Gasteiger partial charge in [-0.2, -0.15) is 5.10 Å². The van der Waals surface area contributed by atoms with Gasteiger partial charge in [-0.25, -0.2) is 4.98 Å². The van der Waals surface area contributed by atoms with E-state index >= 15 is 0 Å². The van der Waals surface area contributed by atoms with E-state index in [1.165, 1.54) is 12.1 Å². The van der Waals surface area contributed by atoms with Crippen molar-refractivity contribution in [3.63, 3.8) is 0 Å². The summed E-state index contributed by atoms with van der Waals surface area (Å²) in [6, 6.07) is 3.02. The fourth-order valence-corrected chi connectivity index (χ4v) is 2.80. The predicted octanol–water partition coefficient (Wildman–Crippen LogP) is 0.971. The van der Waals surface area contributed by atoms with Crippen LogP contribution in [-0.2, 0) is 13.5 Å². The Balaban J connectivity index is 1.92. The van der Waals surface area contributed by atoms with Crippen LogP contribution in [0.3, 0.4) is 0 Å². The number of aromatic nitrogens is 4. The quantitative estimate of drug-likeness (QED) is 0.424. The third-order valence-electron chi connectivity index (χ3n) is 4.12. The highest BCUT2D eigenvalue weighted by atomic mass is 16.5. The first kappa shape index (κ1) is 19.4. The van der Waals surface area contributed by atoms with Crippen LogP contribution in [0, 0.1) is 0 Å². The Morgan fingerprint density at radius 2 is 2.18 bits per heavy atom. The fourth-order valence-electron chi connectivity index (χ4n) is 2.80. The van der Waals surface area contributed by atoms with Crippen molar-refractivity contribution in [2.75, 3.05) is 18.5 Å². The van der Waals surface area contributed by atoms with Crippen LogP contribution < -0.4 is 15.8 Å². The van der Waals surface area contributed by atoms with Gasteiger partial charge in [-0.3, -0.25) is 19.6 Å². The Morgan fingerprint density at radius 3 is 2.86 bits per heavy atom. The lowest BCUT2D eigenvalue weighted by Gasteiger charge is -2.07. The number of aromatic amines is 1. The zero-order valence-electron chi connectivity index (χ0n) is 15.7. The molecule has 0 spiro atoms. The molecule has 2 heterocycles. The Bertz CT molecular complexity index is 1020. The summed E-state index contributed by atoms with van der Waals surface area (Å²) in [4.78, 5) is 31.5. The number of anilines is 1. The third kappa shape index (κ3) is 3.96. The number of rotatable bonds is 8. The van der Waals surface area contributed by atoms with Gasteiger partial charge in [0, 0.05) is 31.8 Å². The number of nitrogens with two attached hydrogens (primary N) is 1. The SMILES string of the molecule is CCc1nn(C)cc1C(=O)Nc1nc2cc(C(N)=O)cc(OCCCO)c2[nH]1. The van der Waals surface area contributed by atoms with Gasteiger partial charge in [-0.05, 0) is 18.6 Å². The third-order valence-corrected chi connectivity index (χ3v) is 4.12. The highest BCUT2D eigenvalue weighted by Gasteiger charge is 2.18. The van der Waals surface area contributed by atoms with Crippen LogP contribution in [0.5, 0.6) is 5.75 Å². The van der Waals surface area contributed by atoms with Gasteiger partial charge in [-0.1, -0.05) is 6.92 Å². The van der Waals surface area contributed by atoms with Crippen molar-refractivity contribution in [1.29, 1.82) is 0 Å². The van der Waals surface area contributed by atoms with Crippen molar-refractivity contribution in [2.45, 2.75) is 19.8 Å². The Morgan fingerprint density at radius 1 is 1.39 bits per heavy atom. The van der Waals surface area contributed by atoms with Crippen LogP contribution in [0.1, 0.15) is 39.8 Å². The summed E-state index contributed by atoms with van der Waals surface area (Å²) in [5, 5.41) is 15.9. The Labute approximate surface area is 160 Å². The van der Waals surface area contributed by atoms with E-state index in [0.717, 1.165) is 0 Å². The summed E-state index contributed by atoms with van der Waals surface area (Å²) >= 11 is 0. The molecule has 0 aliphatic carbocycles. The first-order valence-corrected chi connectivity index (χ1v) is 8.84. The second-order valence-corrected chi connectivity index (χ2v) is 6.21. The van der Waals surface area contributed by atoms with Crippen LogP contribution >= 0.6 is 0 Å². The number of amides is 2. The monoisotopic (exact) mass is 386 g/mol. The summed E-state index contributed by atoms with van der Waals surface area (Å²) in [5.41, 5.74) is 7.69. The summed E-state index contributed by atoms with van der Waals surface area (Å²) in [6.45, 7) is 2.15. The van der Waals surface area contributed by atoms with Gasteiger partial charge in [0.25, 0.3) is 5.91 Å². The lowest BCUT2D eigenvalue weighted by molar-refractivity contribution is 0.0997. The molecule has 3 aromatic rings. The number of aryl methyl sites for hydroxylation is 2. The molecule has 28 heavy (non-hydrogen) atoms. The zero-order valence-corrected chi connectivity index (χ0v) is 15.7. The molecular formula is C18H22N6O4. The van der Waals surface area contributed by atoms with Gasteiger partial charge in [0.2, 0.25) is 11.9 Å². The molecular weight excluding hydrogens is 364 g/mol. The maximum absolute atomic E-state index is 12.6. The first-order valence-electron chi connectivity index (χ1n) is 8.84. The van der Waals surface area contributed by atoms with Crippen LogP contribution in [0.2, 0.25) is 0 Å². The number of aliphatic hydroxyl groups excluding tert-OH is 1. The molecule has 0 fully saturated rings. The number of carbonyl (C=O) groups is 2. The second-order valence-electron chi connectivity index (χ2n) is 6.21. The van der Waals surface area contributed by atoms with Crippen LogP contribution in [0.15, 0.2) is 18.3 Å². The summed E-state index contributed by atoms with van der Waals surface area (Å²) in [6.07, 6.45) is 2.70. The van der Waals surface area contributed by atoms with Gasteiger partial charge in [0.15, 0.2) is 0 Å². The molecule has 0 saturated carbocycles. The number of hydrogen-bond donors (Lipinski definition) is 4. The number of ether oxygens (including phenoxy) is 1.